The number of aliphatic carboxylic acids is 1. The van der Waals surface area contributed by atoms with Crippen molar-refractivity contribution >= 4 is 34.7 Å². The van der Waals surface area contributed by atoms with Gasteiger partial charge in [-0.15, -0.1) is 11.3 Å². The Morgan fingerprint density at radius 3 is 2.45 bits per heavy atom. The predicted molar refractivity (Wildman–Crippen MR) is 41.3 cm³/mol. The molecule has 0 aliphatic rings. The van der Waals surface area contributed by atoms with E-state index in [0.717, 1.165) is 11.3 Å². The van der Waals surface area contributed by atoms with Gasteiger partial charge in [0.1, 0.15) is 0 Å². The first-order valence-corrected chi connectivity index (χ1v) is 3.83. The normalized spacial score (nSPS) is 9.55. The van der Waals surface area contributed by atoms with E-state index in [4.69, 9.17) is 16.7 Å². The monoisotopic (exact) mass is 190 g/mol. The van der Waals surface area contributed by atoms with Crippen molar-refractivity contribution in [1.82, 2.24) is 0 Å². The lowest BCUT2D eigenvalue weighted by Crippen LogP contribution is -2.10. The molecule has 0 radical (unpaired) electrons. The van der Waals surface area contributed by atoms with E-state index in [-0.39, 0.29) is 4.88 Å². The van der Waals surface area contributed by atoms with E-state index in [9.17, 15) is 9.59 Å². The minimum atomic E-state index is -1.46. The predicted octanol–water partition coefficient (Wildman–Crippen LogP) is 1.67. The molecule has 5 heteroatoms. The number of carbonyl (C=O) groups is 2. The molecule has 0 bridgehead atoms. The van der Waals surface area contributed by atoms with Crippen LogP contribution < -0.4 is 0 Å². The third-order valence-electron chi connectivity index (χ3n) is 0.991. The third kappa shape index (κ3) is 1.78. The van der Waals surface area contributed by atoms with Crippen LogP contribution in [0.25, 0.3) is 0 Å². The molecule has 0 unspecified atom stereocenters. The number of Topliss-reactive ketones (excluding diaryl/α,β-unsaturated/α-hetero) is 1. The Bertz CT molecular complexity index is 305. The molecule has 1 N–H and O–H groups in total. The van der Waals surface area contributed by atoms with Crippen molar-refractivity contribution in [2.75, 3.05) is 0 Å². The summed E-state index contributed by atoms with van der Waals surface area (Å²) in [4.78, 5) is 21.0. The van der Waals surface area contributed by atoms with Crippen molar-refractivity contribution in [3.63, 3.8) is 0 Å². The highest BCUT2D eigenvalue weighted by Gasteiger charge is 2.15. The van der Waals surface area contributed by atoms with E-state index in [1.165, 1.54) is 12.1 Å². The fourth-order valence-corrected chi connectivity index (χ4v) is 1.52. The van der Waals surface area contributed by atoms with Crippen molar-refractivity contribution in [3.05, 3.63) is 21.3 Å². The number of carboxylic acids is 1. The first kappa shape index (κ1) is 8.23. The Kier molecular flexibility index (Phi) is 2.26. The van der Waals surface area contributed by atoms with Crippen LogP contribution in [0.4, 0.5) is 0 Å². The van der Waals surface area contributed by atoms with Crippen LogP contribution in [0.1, 0.15) is 9.67 Å². The largest absolute Gasteiger partial charge is 0.475 e. The number of carboxylic acid groups (broad SMARTS) is 1. The molecular formula is C6H3ClO3S. The summed E-state index contributed by atoms with van der Waals surface area (Å²) in [6, 6.07) is 2.88. The smallest absolute Gasteiger partial charge is 0.378 e. The lowest BCUT2D eigenvalue weighted by Gasteiger charge is -1.85. The standard InChI is InChI=1S/C6H3ClO3S/c7-4-2-1-3(11-4)5(8)6(9)10/h1-2H,(H,9,10). The second-order valence-electron chi connectivity index (χ2n) is 1.74. The number of halogens is 1. The number of hydrogen-bond donors (Lipinski definition) is 1. The van der Waals surface area contributed by atoms with Crippen molar-refractivity contribution < 1.29 is 14.7 Å². The average Bonchev–Trinajstić information content (AvgIpc) is 2.34. The first-order chi connectivity index (χ1) is 5.11. The van der Waals surface area contributed by atoms with Gasteiger partial charge >= 0.3 is 5.97 Å². The molecule has 1 aromatic heterocycles. The van der Waals surface area contributed by atoms with Gasteiger partial charge in [0.15, 0.2) is 0 Å². The fourth-order valence-electron chi connectivity index (χ4n) is 0.542. The molecular weight excluding hydrogens is 188 g/mol. The highest BCUT2D eigenvalue weighted by molar-refractivity contribution is 7.18. The van der Waals surface area contributed by atoms with E-state index in [1.54, 1.807) is 0 Å². The van der Waals surface area contributed by atoms with E-state index in [0.29, 0.717) is 4.34 Å². The van der Waals surface area contributed by atoms with E-state index >= 15 is 0 Å². The summed E-state index contributed by atoms with van der Waals surface area (Å²) in [5.41, 5.74) is 0. The van der Waals surface area contributed by atoms with Gasteiger partial charge in [0, 0.05) is 0 Å². The van der Waals surface area contributed by atoms with Gasteiger partial charge in [-0.3, -0.25) is 4.79 Å². The molecule has 0 saturated carbocycles. The summed E-state index contributed by atoms with van der Waals surface area (Å²) in [6.07, 6.45) is 0. The zero-order valence-electron chi connectivity index (χ0n) is 5.20. The molecule has 0 aromatic carbocycles. The molecule has 1 aromatic rings. The van der Waals surface area contributed by atoms with Crippen LogP contribution in [0.3, 0.4) is 0 Å². The lowest BCUT2D eigenvalue weighted by atomic mass is 10.3. The second-order valence-corrected chi connectivity index (χ2v) is 3.45. The lowest BCUT2D eigenvalue weighted by molar-refractivity contribution is -0.131. The van der Waals surface area contributed by atoms with Gasteiger partial charge in [-0.1, -0.05) is 11.6 Å². The van der Waals surface area contributed by atoms with Crippen LogP contribution in [0.15, 0.2) is 12.1 Å². The summed E-state index contributed by atoms with van der Waals surface area (Å²) in [5, 5.41) is 8.26. The maximum atomic E-state index is 10.7. The molecule has 1 rings (SSSR count). The number of carbonyl (C=O) groups excluding carboxylic acids is 1. The minimum Gasteiger partial charge on any atom is -0.475 e. The minimum absolute atomic E-state index is 0.155. The quantitative estimate of drug-likeness (QED) is 0.570. The van der Waals surface area contributed by atoms with Crippen molar-refractivity contribution in [1.29, 1.82) is 0 Å². The Morgan fingerprint density at radius 1 is 1.45 bits per heavy atom. The molecule has 1 heterocycles. The number of rotatable bonds is 2. The SMILES string of the molecule is O=C(O)C(=O)c1ccc(Cl)s1. The molecule has 0 atom stereocenters. The average molecular weight is 191 g/mol. The Morgan fingerprint density at radius 2 is 2.09 bits per heavy atom. The topological polar surface area (TPSA) is 54.4 Å². The van der Waals surface area contributed by atoms with Gasteiger partial charge in [0.2, 0.25) is 0 Å². The second kappa shape index (κ2) is 3.02. The maximum Gasteiger partial charge on any atom is 0.378 e. The molecule has 0 saturated heterocycles. The maximum absolute atomic E-state index is 10.7. The number of thiophene rings is 1. The van der Waals surface area contributed by atoms with Crippen LogP contribution in [-0.2, 0) is 4.79 Å². The summed E-state index contributed by atoms with van der Waals surface area (Å²) in [7, 11) is 0. The van der Waals surface area contributed by atoms with Crippen LogP contribution in [-0.4, -0.2) is 16.9 Å². The van der Waals surface area contributed by atoms with E-state index < -0.39 is 11.8 Å². The summed E-state index contributed by atoms with van der Waals surface area (Å²) >= 11 is 6.44. The van der Waals surface area contributed by atoms with Crippen molar-refractivity contribution in [2.45, 2.75) is 0 Å². The van der Waals surface area contributed by atoms with Crippen LogP contribution in [0.5, 0.6) is 0 Å². The van der Waals surface area contributed by atoms with Gasteiger partial charge in [0.25, 0.3) is 5.78 Å². The summed E-state index contributed by atoms with van der Waals surface area (Å²) in [6.45, 7) is 0. The molecule has 0 fully saturated rings. The highest BCUT2D eigenvalue weighted by Crippen LogP contribution is 2.21. The van der Waals surface area contributed by atoms with Gasteiger partial charge in [-0.05, 0) is 12.1 Å². The zero-order valence-corrected chi connectivity index (χ0v) is 6.78. The Hall–Kier alpha value is -0.870. The van der Waals surface area contributed by atoms with E-state index in [2.05, 4.69) is 0 Å². The van der Waals surface area contributed by atoms with Crippen LogP contribution in [0, 0.1) is 0 Å². The highest BCUT2D eigenvalue weighted by atomic mass is 35.5. The molecule has 0 aliphatic heterocycles. The third-order valence-corrected chi connectivity index (χ3v) is 2.22. The first-order valence-electron chi connectivity index (χ1n) is 2.64. The molecule has 3 nitrogen and oxygen atoms in total. The van der Waals surface area contributed by atoms with Crippen LogP contribution in [0.2, 0.25) is 4.34 Å². The van der Waals surface area contributed by atoms with Gasteiger partial charge in [-0.2, -0.15) is 0 Å². The van der Waals surface area contributed by atoms with Crippen molar-refractivity contribution in [3.8, 4) is 0 Å². The zero-order chi connectivity index (χ0) is 8.43. The molecule has 0 spiro atoms. The number of hydrogen-bond acceptors (Lipinski definition) is 3. The summed E-state index contributed by atoms with van der Waals surface area (Å²) < 4.78 is 0.412. The summed E-state index contributed by atoms with van der Waals surface area (Å²) in [5.74, 6) is -2.37. The van der Waals surface area contributed by atoms with Gasteiger partial charge in [-0.25, -0.2) is 4.79 Å². The van der Waals surface area contributed by atoms with E-state index in [1.807, 2.05) is 0 Å². The number of ketones is 1. The van der Waals surface area contributed by atoms with Gasteiger partial charge in [0.05, 0.1) is 9.21 Å². The van der Waals surface area contributed by atoms with Gasteiger partial charge < -0.3 is 5.11 Å². The molecule has 0 aliphatic carbocycles. The Balaban J connectivity index is 2.94. The van der Waals surface area contributed by atoms with Crippen LogP contribution >= 0.6 is 22.9 Å². The fraction of sp³-hybridized carbons (Fsp3) is 0. The molecule has 58 valence electrons. The molecule has 11 heavy (non-hydrogen) atoms. The van der Waals surface area contributed by atoms with Crippen molar-refractivity contribution in [2.24, 2.45) is 0 Å². The Labute approximate surface area is 71.2 Å². The molecule has 0 amide bonds.